The van der Waals surface area contributed by atoms with Crippen molar-refractivity contribution in [2.45, 2.75) is 45.6 Å². The summed E-state index contributed by atoms with van der Waals surface area (Å²) >= 11 is 0. The Morgan fingerprint density at radius 2 is 1.95 bits per heavy atom. The number of carbonyl (C=O) groups is 1. The monoisotopic (exact) mass is 306 g/mol. The summed E-state index contributed by atoms with van der Waals surface area (Å²) in [7, 11) is 0. The van der Waals surface area contributed by atoms with Gasteiger partial charge in [0.05, 0.1) is 0 Å². The van der Waals surface area contributed by atoms with E-state index in [0.717, 1.165) is 13.1 Å². The highest BCUT2D eigenvalue weighted by atomic mass is 16.2. The normalized spacial score (nSPS) is 18.0. The van der Waals surface area contributed by atoms with Crippen LogP contribution in [0.5, 0.6) is 0 Å². The van der Waals surface area contributed by atoms with Gasteiger partial charge < -0.3 is 5.32 Å². The van der Waals surface area contributed by atoms with Crippen LogP contribution in [0.25, 0.3) is 0 Å². The number of carbonyl (C=O) groups excluding carboxylic acids is 1. The summed E-state index contributed by atoms with van der Waals surface area (Å²) in [6, 6.07) is 3.10. The molecule has 2 heterocycles. The van der Waals surface area contributed by atoms with Crippen molar-refractivity contribution < 1.29 is 4.79 Å². The second kappa shape index (κ2) is 8.08. The summed E-state index contributed by atoms with van der Waals surface area (Å²) in [6.45, 7) is 7.21. The van der Waals surface area contributed by atoms with Gasteiger partial charge in [0.1, 0.15) is 5.69 Å². The highest BCUT2D eigenvalue weighted by Crippen LogP contribution is 2.17. The molecule has 122 valence electrons. The molecule has 1 aliphatic heterocycles. The average molecular weight is 306 g/mol. The van der Waals surface area contributed by atoms with Crippen molar-refractivity contribution in [2.75, 3.05) is 19.6 Å². The molecule has 0 radical (unpaired) electrons. The Bertz CT molecular complexity index is 513. The number of rotatable bonds is 5. The van der Waals surface area contributed by atoms with E-state index in [-0.39, 0.29) is 17.2 Å². The molecular formula is C16H26N4O2. The van der Waals surface area contributed by atoms with Crippen LogP contribution in [-0.4, -0.2) is 46.7 Å². The van der Waals surface area contributed by atoms with Crippen molar-refractivity contribution in [1.82, 2.24) is 20.4 Å². The standard InChI is InChI=1S/C16H26N4O2/c1-12(2)14(20-9-5-3-4-6-10-20)11-17-16(22)13-7-8-15(21)19-18-13/h7-8,12,14H,3-6,9-11H2,1-2H3,(H,17,22)(H,19,21)/t14-/m0/s1. The van der Waals surface area contributed by atoms with E-state index in [4.69, 9.17) is 0 Å². The van der Waals surface area contributed by atoms with E-state index in [9.17, 15) is 9.59 Å². The van der Waals surface area contributed by atoms with Crippen LogP contribution in [0.3, 0.4) is 0 Å². The largest absolute Gasteiger partial charge is 0.349 e. The molecule has 6 nitrogen and oxygen atoms in total. The zero-order valence-corrected chi connectivity index (χ0v) is 13.5. The number of aromatic nitrogens is 2. The van der Waals surface area contributed by atoms with E-state index in [2.05, 4.69) is 34.3 Å². The number of aromatic amines is 1. The third kappa shape index (κ3) is 4.66. The quantitative estimate of drug-likeness (QED) is 0.862. The van der Waals surface area contributed by atoms with Gasteiger partial charge in [-0.1, -0.05) is 26.7 Å². The lowest BCUT2D eigenvalue weighted by molar-refractivity contribution is 0.0911. The molecule has 1 amide bonds. The van der Waals surface area contributed by atoms with Gasteiger partial charge in [0, 0.05) is 18.7 Å². The number of nitrogens with one attached hydrogen (secondary N) is 2. The van der Waals surface area contributed by atoms with Gasteiger partial charge in [-0.15, -0.1) is 0 Å². The fourth-order valence-electron chi connectivity index (χ4n) is 2.97. The molecule has 2 rings (SSSR count). The summed E-state index contributed by atoms with van der Waals surface area (Å²) in [4.78, 5) is 25.6. The SMILES string of the molecule is CC(C)[C@H](CNC(=O)c1ccc(=O)[nH]n1)N1CCCCCC1. The van der Waals surface area contributed by atoms with Crippen molar-refractivity contribution in [3.63, 3.8) is 0 Å². The third-order valence-corrected chi connectivity index (χ3v) is 4.26. The van der Waals surface area contributed by atoms with Gasteiger partial charge in [0.2, 0.25) is 0 Å². The minimum absolute atomic E-state index is 0.239. The molecule has 6 heteroatoms. The number of H-pyrrole nitrogens is 1. The first-order valence-electron chi connectivity index (χ1n) is 8.16. The van der Waals surface area contributed by atoms with Gasteiger partial charge in [0.25, 0.3) is 11.5 Å². The number of likely N-dealkylation sites (tertiary alicyclic amines) is 1. The fourth-order valence-corrected chi connectivity index (χ4v) is 2.97. The van der Waals surface area contributed by atoms with Gasteiger partial charge in [0.15, 0.2) is 0 Å². The lowest BCUT2D eigenvalue weighted by Crippen LogP contribution is -2.47. The van der Waals surface area contributed by atoms with Crippen LogP contribution in [-0.2, 0) is 0 Å². The van der Waals surface area contributed by atoms with Crippen LogP contribution in [0.2, 0.25) is 0 Å². The molecule has 1 fully saturated rings. The van der Waals surface area contributed by atoms with E-state index in [1.807, 2.05) is 0 Å². The number of hydrogen-bond donors (Lipinski definition) is 2. The highest BCUT2D eigenvalue weighted by Gasteiger charge is 2.23. The molecule has 0 aliphatic carbocycles. The van der Waals surface area contributed by atoms with Crippen LogP contribution in [0.15, 0.2) is 16.9 Å². The molecule has 1 aliphatic rings. The summed E-state index contributed by atoms with van der Waals surface area (Å²) in [5.74, 6) is 0.235. The first-order chi connectivity index (χ1) is 10.6. The predicted octanol–water partition coefficient (Wildman–Crippen LogP) is 1.40. The lowest BCUT2D eigenvalue weighted by atomic mass is 10.0. The average Bonchev–Trinajstić information content (AvgIpc) is 2.77. The Morgan fingerprint density at radius 1 is 1.27 bits per heavy atom. The molecular weight excluding hydrogens is 280 g/mol. The van der Waals surface area contributed by atoms with Crippen molar-refractivity contribution in [2.24, 2.45) is 5.92 Å². The molecule has 0 aromatic carbocycles. The summed E-state index contributed by atoms with van der Waals surface area (Å²) in [5.41, 5.74) is -0.0563. The molecule has 0 unspecified atom stereocenters. The second-order valence-corrected chi connectivity index (χ2v) is 6.28. The Morgan fingerprint density at radius 3 is 2.50 bits per heavy atom. The van der Waals surface area contributed by atoms with Crippen LogP contribution in [0.1, 0.15) is 50.0 Å². The predicted molar refractivity (Wildman–Crippen MR) is 85.9 cm³/mol. The second-order valence-electron chi connectivity index (χ2n) is 6.28. The van der Waals surface area contributed by atoms with Crippen LogP contribution < -0.4 is 10.9 Å². The summed E-state index contributed by atoms with van der Waals surface area (Å²) in [6.07, 6.45) is 5.07. The highest BCUT2D eigenvalue weighted by molar-refractivity contribution is 5.91. The van der Waals surface area contributed by atoms with Gasteiger partial charge in [-0.2, -0.15) is 5.10 Å². The Balaban J connectivity index is 1.94. The molecule has 1 saturated heterocycles. The number of hydrogen-bond acceptors (Lipinski definition) is 4. The molecule has 2 N–H and O–H groups in total. The van der Waals surface area contributed by atoms with E-state index in [1.54, 1.807) is 0 Å². The maximum atomic E-state index is 12.1. The number of amides is 1. The van der Waals surface area contributed by atoms with E-state index < -0.39 is 0 Å². The molecule has 1 aromatic rings. The molecule has 1 aromatic heterocycles. The van der Waals surface area contributed by atoms with Crippen molar-refractivity contribution in [3.8, 4) is 0 Å². The van der Waals surface area contributed by atoms with E-state index in [0.29, 0.717) is 18.5 Å². The fraction of sp³-hybridized carbons (Fsp3) is 0.688. The first-order valence-corrected chi connectivity index (χ1v) is 8.16. The van der Waals surface area contributed by atoms with Crippen molar-refractivity contribution in [3.05, 3.63) is 28.2 Å². The molecule has 22 heavy (non-hydrogen) atoms. The third-order valence-electron chi connectivity index (χ3n) is 4.26. The Labute approximate surface area is 131 Å². The smallest absolute Gasteiger partial charge is 0.271 e. The molecule has 1 atom stereocenters. The van der Waals surface area contributed by atoms with Crippen molar-refractivity contribution >= 4 is 5.91 Å². The topological polar surface area (TPSA) is 78.1 Å². The molecule has 0 saturated carbocycles. The van der Waals surface area contributed by atoms with E-state index in [1.165, 1.54) is 37.8 Å². The van der Waals surface area contributed by atoms with Gasteiger partial charge in [-0.3, -0.25) is 14.5 Å². The first kappa shape index (κ1) is 16.7. The minimum atomic E-state index is -0.304. The zero-order chi connectivity index (χ0) is 15.9. The molecule has 0 bridgehead atoms. The maximum absolute atomic E-state index is 12.1. The van der Waals surface area contributed by atoms with Crippen LogP contribution in [0.4, 0.5) is 0 Å². The Hall–Kier alpha value is -1.69. The van der Waals surface area contributed by atoms with Gasteiger partial charge in [-0.05, 0) is 37.9 Å². The van der Waals surface area contributed by atoms with Gasteiger partial charge in [-0.25, -0.2) is 5.10 Å². The lowest BCUT2D eigenvalue weighted by Gasteiger charge is -2.33. The molecule has 0 spiro atoms. The minimum Gasteiger partial charge on any atom is -0.349 e. The summed E-state index contributed by atoms with van der Waals surface area (Å²) in [5, 5.41) is 9.00. The van der Waals surface area contributed by atoms with E-state index >= 15 is 0 Å². The van der Waals surface area contributed by atoms with Crippen LogP contribution in [0, 0.1) is 5.92 Å². The number of nitrogens with zero attached hydrogens (tertiary/aromatic N) is 2. The van der Waals surface area contributed by atoms with Crippen LogP contribution >= 0.6 is 0 Å². The maximum Gasteiger partial charge on any atom is 0.271 e. The van der Waals surface area contributed by atoms with Gasteiger partial charge >= 0.3 is 0 Å². The van der Waals surface area contributed by atoms with Crippen molar-refractivity contribution in [1.29, 1.82) is 0 Å². The summed E-state index contributed by atoms with van der Waals surface area (Å²) < 4.78 is 0. The Kier molecular flexibility index (Phi) is 6.12. The zero-order valence-electron chi connectivity index (χ0n) is 13.5.